The molecule has 3 nitrogen and oxygen atoms in total. The average Bonchev–Trinajstić information content (AvgIpc) is 3.60. The predicted octanol–water partition coefficient (Wildman–Crippen LogP) is 13.8. The largest absolute Gasteiger partial charge is 0.228 e. The molecule has 1 aromatic heterocycles. The lowest BCUT2D eigenvalue weighted by Gasteiger charge is -2.15. The van der Waals surface area contributed by atoms with Crippen molar-refractivity contribution in [2.75, 3.05) is 0 Å². The maximum absolute atomic E-state index is 9.51. The van der Waals surface area contributed by atoms with Crippen molar-refractivity contribution in [3.8, 4) is 84.5 Å². The van der Waals surface area contributed by atoms with Crippen molar-refractivity contribution in [3.05, 3.63) is 194 Å². The molecule has 258 valence electrons. The highest BCUT2D eigenvalue weighted by molar-refractivity contribution is 6.22. The van der Waals surface area contributed by atoms with Crippen LogP contribution in [0.15, 0.2) is 188 Å². The lowest BCUT2D eigenvalue weighted by Crippen LogP contribution is -1.96. The molecule has 0 aliphatic heterocycles. The highest BCUT2D eigenvalue weighted by Gasteiger charge is 2.25. The Morgan fingerprint density at radius 3 is 1.25 bits per heavy atom. The van der Waals surface area contributed by atoms with Crippen molar-refractivity contribution in [3.63, 3.8) is 0 Å². The van der Waals surface area contributed by atoms with Crippen molar-refractivity contribution in [1.29, 1.82) is 5.26 Å². The normalized spacial score (nSPS) is 11.6. The third-order valence-corrected chi connectivity index (χ3v) is 11.3. The van der Waals surface area contributed by atoms with Gasteiger partial charge < -0.3 is 0 Å². The van der Waals surface area contributed by atoms with Crippen LogP contribution in [0.3, 0.4) is 0 Å². The molecule has 0 fully saturated rings. The monoisotopic (exact) mass is 709 g/mol. The van der Waals surface area contributed by atoms with Gasteiger partial charge in [0.1, 0.15) is 0 Å². The standard InChI is InChI=1S/C53H31N3/c54-32-33-13-15-36(16-14-33)43-25-27-47-45-11-5-6-12-46(45)48-28-26-44(51(43)52(47)48)37-19-21-38(22-20-37)53-55-49(41-23-17-34-7-1-3-9-39(34)29-41)31-50(56-53)42-24-18-35-8-2-4-10-40(35)30-42/h1-31H. The van der Waals surface area contributed by atoms with E-state index in [9.17, 15) is 5.26 Å². The van der Waals surface area contributed by atoms with Crippen molar-refractivity contribution in [2.45, 2.75) is 0 Å². The molecule has 0 amide bonds. The Balaban J connectivity index is 1.07. The number of nitriles is 1. The minimum Gasteiger partial charge on any atom is -0.228 e. The number of hydrogen-bond donors (Lipinski definition) is 0. The number of benzene rings is 9. The van der Waals surface area contributed by atoms with Crippen molar-refractivity contribution in [1.82, 2.24) is 9.97 Å². The van der Waals surface area contributed by atoms with E-state index < -0.39 is 0 Å². The van der Waals surface area contributed by atoms with Crippen LogP contribution in [-0.2, 0) is 0 Å². The Morgan fingerprint density at radius 2 is 0.732 bits per heavy atom. The van der Waals surface area contributed by atoms with Gasteiger partial charge in [0.25, 0.3) is 0 Å². The van der Waals surface area contributed by atoms with E-state index >= 15 is 0 Å². The molecule has 56 heavy (non-hydrogen) atoms. The molecule has 10 aromatic rings. The smallest absolute Gasteiger partial charge is 0.160 e. The zero-order chi connectivity index (χ0) is 37.2. The van der Waals surface area contributed by atoms with Crippen LogP contribution >= 0.6 is 0 Å². The molecule has 0 bridgehead atoms. The maximum Gasteiger partial charge on any atom is 0.160 e. The van der Waals surface area contributed by atoms with Gasteiger partial charge in [-0.05, 0) is 107 Å². The summed E-state index contributed by atoms with van der Waals surface area (Å²) < 4.78 is 0. The Labute approximate surface area is 324 Å². The highest BCUT2D eigenvalue weighted by atomic mass is 14.9. The Kier molecular flexibility index (Phi) is 7.23. The highest BCUT2D eigenvalue weighted by Crippen LogP contribution is 2.52. The summed E-state index contributed by atoms with van der Waals surface area (Å²) in [4.78, 5) is 10.4. The molecule has 0 unspecified atom stereocenters. The number of nitrogens with zero attached hydrogens (tertiary/aromatic N) is 3. The molecule has 1 heterocycles. The summed E-state index contributed by atoms with van der Waals surface area (Å²) in [6.07, 6.45) is 0. The van der Waals surface area contributed by atoms with Gasteiger partial charge in [0.05, 0.1) is 23.0 Å². The van der Waals surface area contributed by atoms with Crippen LogP contribution in [-0.4, -0.2) is 9.97 Å². The van der Waals surface area contributed by atoms with Crippen LogP contribution in [0.2, 0.25) is 0 Å². The molecule has 0 spiro atoms. The first-order valence-corrected chi connectivity index (χ1v) is 18.9. The summed E-state index contributed by atoms with van der Waals surface area (Å²) in [5.74, 6) is 0.680. The van der Waals surface area contributed by atoms with Crippen molar-refractivity contribution < 1.29 is 0 Å². The second-order valence-electron chi connectivity index (χ2n) is 14.5. The van der Waals surface area contributed by atoms with Crippen LogP contribution in [0, 0.1) is 11.3 Å². The second kappa shape index (κ2) is 12.7. The van der Waals surface area contributed by atoms with Gasteiger partial charge in [-0.15, -0.1) is 0 Å². The van der Waals surface area contributed by atoms with Gasteiger partial charge in [-0.2, -0.15) is 5.26 Å². The minimum absolute atomic E-state index is 0.651. The molecule has 0 atom stereocenters. The summed E-state index contributed by atoms with van der Waals surface area (Å²) in [5.41, 5.74) is 15.0. The first-order chi connectivity index (χ1) is 27.7. The minimum atomic E-state index is 0.651. The van der Waals surface area contributed by atoms with Crippen molar-refractivity contribution in [2.24, 2.45) is 0 Å². The van der Waals surface area contributed by atoms with Gasteiger partial charge in [0.15, 0.2) is 5.82 Å². The molecule has 0 saturated carbocycles. The molecule has 9 aromatic carbocycles. The fourth-order valence-corrected chi connectivity index (χ4v) is 8.47. The molecular weight excluding hydrogens is 679 g/mol. The van der Waals surface area contributed by atoms with Gasteiger partial charge in [0, 0.05) is 16.7 Å². The summed E-state index contributed by atoms with van der Waals surface area (Å²) in [6, 6.07) is 68.7. The molecule has 1 aliphatic carbocycles. The van der Waals surface area contributed by atoms with E-state index in [1.165, 1.54) is 54.6 Å². The SMILES string of the molecule is N#Cc1ccc(-c2ccc3c4c(ccc(-c5ccc(-c6nc(-c7ccc8ccccc8c7)cc(-c7ccc8ccccc8c7)n6)cc5)c24)-c2ccccc2-3)cc1. The molecule has 1 aliphatic rings. The first-order valence-electron chi connectivity index (χ1n) is 18.9. The molecule has 3 heteroatoms. The third-order valence-electron chi connectivity index (χ3n) is 11.3. The van der Waals surface area contributed by atoms with E-state index in [1.54, 1.807) is 0 Å². The molecule has 11 rings (SSSR count). The summed E-state index contributed by atoms with van der Waals surface area (Å²) in [7, 11) is 0. The lowest BCUT2D eigenvalue weighted by atomic mass is 9.88. The van der Waals surface area contributed by atoms with Gasteiger partial charge in [-0.3, -0.25) is 0 Å². The fourth-order valence-electron chi connectivity index (χ4n) is 8.47. The van der Waals surface area contributed by atoms with Crippen molar-refractivity contribution >= 4 is 32.3 Å². The van der Waals surface area contributed by atoms with Gasteiger partial charge in [-0.25, -0.2) is 9.97 Å². The van der Waals surface area contributed by atoms with Crippen LogP contribution < -0.4 is 0 Å². The lowest BCUT2D eigenvalue weighted by molar-refractivity contribution is 1.18. The predicted molar refractivity (Wildman–Crippen MR) is 231 cm³/mol. The molecule has 0 N–H and O–H groups in total. The number of fused-ring (bicyclic) bond motifs is 5. The topological polar surface area (TPSA) is 49.6 Å². The molecular formula is C53H31N3. The molecule has 0 saturated heterocycles. The Bertz CT molecular complexity index is 3120. The van der Waals surface area contributed by atoms with Gasteiger partial charge in [0.2, 0.25) is 0 Å². The van der Waals surface area contributed by atoms with Crippen LogP contribution in [0.5, 0.6) is 0 Å². The van der Waals surface area contributed by atoms with Gasteiger partial charge >= 0.3 is 0 Å². The maximum atomic E-state index is 9.51. The fraction of sp³-hybridized carbons (Fsp3) is 0. The summed E-state index contributed by atoms with van der Waals surface area (Å²) >= 11 is 0. The van der Waals surface area contributed by atoms with E-state index in [4.69, 9.17) is 9.97 Å². The van der Waals surface area contributed by atoms with E-state index in [0.29, 0.717) is 11.4 Å². The third kappa shape index (κ3) is 5.20. The zero-order valence-corrected chi connectivity index (χ0v) is 30.2. The quantitative estimate of drug-likeness (QED) is 0.179. The van der Waals surface area contributed by atoms with Crippen LogP contribution in [0.4, 0.5) is 0 Å². The van der Waals surface area contributed by atoms with E-state index in [1.807, 2.05) is 12.1 Å². The summed E-state index contributed by atoms with van der Waals surface area (Å²) in [6.45, 7) is 0. The molecule has 0 radical (unpaired) electrons. The van der Waals surface area contributed by atoms with E-state index in [-0.39, 0.29) is 0 Å². The Morgan fingerprint density at radius 1 is 0.321 bits per heavy atom. The van der Waals surface area contributed by atoms with Gasteiger partial charge in [-0.1, -0.05) is 158 Å². The number of aromatic nitrogens is 2. The number of hydrogen-bond acceptors (Lipinski definition) is 3. The van der Waals surface area contributed by atoms with E-state index in [0.717, 1.165) is 50.3 Å². The zero-order valence-electron chi connectivity index (χ0n) is 30.2. The summed E-state index contributed by atoms with van der Waals surface area (Å²) in [5, 5.41) is 16.7. The van der Waals surface area contributed by atoms with Crippen LogP contribution in [0.1, 0.15) is 5.56 Å². The second-order valence-corrected chi connectivity index (χ2v) is 14.5. The van der Waals surface area contributed by atoms with E-state index in [2.05, 4.69) is 182 Å². The van der Waals surface area contributed by atoms with Crippen LogP contribution in [0.25, 0.3) is 111 Å². The Hall–Kier alpha value is -7.67. The average molecular weight is 710 g/mol. The first kappa shape index (κ1) is 31.8. The number of rotatable bonds is 5.